The highest BCUT2D eigenvalue weighted by molar-refractivity contribution is 7.87. The van der Waals surface area contributed by atoms with Crippen molar-refractivity contribution in [2.24, 2.45) is 23.7 Å². The Morgan fingerprint density at radius 3 is 2.45 bits per heavy atom. The summed E-state index contributed by atoms with van der Waals surface area (Å²) in [6.45, 7) is 0. The third kappa shape index (κ3) is 1.95. The molecule has 0 heterocycles. The molecule has 1 N–H and O–H groups in total. The molecule has 0 aromatic rings. The molecule has 0 aliphatic heterocycles. The number of rotatable bonds is 3. The molecule has 0 saturated heterocycles. The molecule has 3 fully saturated rings. The molecule has 3 aliphatic carbocycles. The Bertz CT molecular complexity index is 532. The number of hydrogen-bond acceptors (Lipinski definition) is 4. The van der Waals surface area contributed by atoms with Crippen LogP contribution in [-0.2, 0) is 19.6 Å². The van der Waals surface area contributed by atoms with Gasteiger partial charge in [0.2, 0.25) is 0 Å². The molecule has 0 spiro atoms. The van der Waals surface area contributed by atoms with E-state index in [4.69, 9.17) is 9.29 Å². The molecule has 114 valence electrons. The van der Waals surface area contributed by atoms with Gasteiger partial charge in [0.25, 0.3) is 0 Å². The van der Waals surface area contributed by atoms with Crippen LogP contribution >= 0.6 is 0 Å². The van der Waals surface area contributed by atoms with E-state index in [1.807, 2.05) is 0 Å². The van der Waals surface area contributed by atoms with Crippen LogP contribution in [0.5, 0.6) is 0 Å². The van der Waals surface area contributed by atoms with Crippen molar-refractivity contribution in [2.45, 2.75) is 43.5 Å². The topological polar surface area (TPSA) is 80.7 Å². The van der Waals surface area contributed by atoms with E-state index < -0.39 is 27.4 Å². The van der Waals surface area contributed by atoms with Gasteiger partial charge in [0.15, 0.2) is 0 Å². The molecule has 8 heteroatoms. The Morgan fingerprint density at radius 2 is 1.80 bits per heavy atom. The van der Waals surface area contributed by atoms with Crippen molar-refractivity contribution in [3.05, 3.63) is 0 Å². The maximum atomic E-state index is 13.2. The zero-order valence-corrected chi connectivity index (χ0v) is 11.5. The fourth-order valence-corrected chi connectivity index (χ4v) is 4.71. The number of carbonyl (C=O) groups is 1. The predicted molar refractivity (Wildman–Crippen MR) is 63.4 cm³/mol. The van der Waals surface area contributed by atoms with Crippen LogP contribution in [0.3, 0.4) is 0 Å². The Kier molecular flexibility index (Phi) is 3.10. The highest BCUT2D eigenvalue weighted by atomic mass is 32.2. The van der Waals surface area contributed by atoms with Crippen LogP contribution in [0.25, 0.3) is 0 Å². The van der Waals surface area contributed by atoms with Crippen molar-refractivity contribution >= 4 is 16.1 Å². The summed E-state index contributed by atoms with van der Waals surface area (Å²) >= 11 is 0. The zero-order chi connectivity index (χ0) is 14.7. The molecular weight excluding hydrogens is 294 g/mol. The van der Waals surface area contributed by atoms with E-state index in [1.165, 1.54) is 0 Å². The minimum Gasteiger partial charge on any atom is -0.457 e. The van der Waals surface area contributed by atoms with Crippen LogP contribution in [0, 0.1) is 23.7 Å². The SMILES string of the molecule is O=C(OC1CC2CC1C1CCCC21)C(F)(F)S(=O)(=O)O. The second kappa shape index (κ2) is 4.37. The monoisotopic (exact) mass is 310 g/mol. The highest BCUT2D eigenvalue weighted by Gasteiger charge is 2.59. The van der Waals surface area contributed by atoms with Crippen LogP contribution in [0.15, 0.2) is 0 Å². The number of fused-ring (bicyclic) bond motifs is 5. The van der Waals surface area contributed by atoms with Crippen LogP contribution in [-0.4, -0.2) is 30.3 Å². The Balaban J connectivity index is 1.70. The Morgan fingerprint density at radius 1 is 1.15 bits per heavy atom. The van der Waals surface area contributed by atoms with E-state index in [2.05, 4.69) is 0 Å². The van der Waals surface area contributed by atoms with Crippen LogP contribution < -0.4 is 0 Å². The summed E-state index contributed by atoms with van der Waals surface area (Å²) in [5.74, 6) is -0.687. The summed E-state index contributed by atoms with van der Waals surface area (Å²) in [6.07, 6.45) is 4.04. The Hall–Kier alpha value is -0.760. The summed E-state index contributed by atoms with van der Waals surface area (Å²) in [6, 6.07) is 0. The number of hydrogen-bond donors (Lipinski definition) is 1. The van der Waals surface area contributed by atoms with E-state index in [9.17, 15) is 22.0 Å². The first-order valence-electron chi connectivity index (χ1n) is 6.77. The predicted octanol–water partition coefficient (Wildman–Crippen LogP) is 1.83. The second-order valence-electron chi connectivity index (χ2n) is 6.09. The molecule has 5 unspecified atom stereocenters. The number of ether oxygens (including phenoxy) is 1. The molecular formula is C12H16F2O5S. The molecule has 3 saturated carbocycles. The standard InChI is InChI=1S/C12H16F2O5S/c13-12(14,20(16,17)18)11(15)19-10-5-6-4-9(10)8-3-1-2-7(6)8/h6-10H,1-5H2,(H,16,17,18). The second-order valence-corrected chi connectivity index (χ2v) is 7.55. The van der Waals surface area contributed by atoms with Gasteiger partial charge < -0.3 is 4.74 Å². The highest BCUT2D eigenvalue weighted by Crippen LogP contribution is 2.59. The smallest absolute Gasteiger partial charge is 0.457 e. The molecule has 2 bridgehead atoms. The molecule has 5 atom stereocenters. The van der Waals surface area contributed by atoms with Gasteiger partial charge in [0, 0.05) is 0 Å². The maximum Gasteiger partial charge on any atom is 0.465 e. The van der Waals surface area contributed by atoms with Gasteiger partial charge in [-0.25, -0.2) is 4.79 Å². The van der Waals surface area contributed by atoms with Gasteiger partial charge in [-0.05, 0) is 49.4 Å². The minimum atomic E-state index is -5.78. The summed E-state index contributed by atoms with van der Waals surface area (Å²) in [4.78, 5) is 11.3. The van der Waals surface area contributed by atoms with Gasteiger partial charge in [0.05, 0.1) is 0 Å². The summed E-state index contributed by atoms with van der Waals surface area (Å²) in [7, 11) is -5.78. The van der Waals surface area contributed by atoms with Gasteiger partial charge in [-0.15, -0.1) is 0 Å². The third-order valence-electron chi connectivity index (χ3n) is 5.19. The van der Waals surface area contributed by atoms with Crippen molar-refractivity contribution in [1.29, 1.82) is 0 Å². The number of alkyl halides is 2. The van der Waals surface area contributed by atoms with Gasteiger partial charge in [0.1, 0.15) is 6.10 Å². The van der Waals surface area contributed by atoms with Gasteiger partial charge >= 0.3 is 21.3 Å². The quantitative estimate of drug-likeness (QED) is 0.635. The molecule has 0 aromatic carbocycles. The molecule has 3 aliphatic rings. The van der Waals surface area contributed by atoms with E-state index in [-0.39, 0.29) is 5.92 Å². The summed E-state index contributed by atoms with van der Waals surface area (Å²) in [5, 5.41) is -4.89. The average Bonchev–Trinajstić information content (AvgIpc) is 2.97. The minimum absolute atomic E-state index is 0.0636. The van der Waals surface area contributed by atoms with Crippen LogP contribution in [0.1, 0.15) is 32.1 Å². The first-order chi connectivity index (χ1) is 9.22. The van der Waals surface area contributed by atoms with E-state index in [0.29, 0.717) is 24.2 Å². The molecule has 3 rings (SSSR count). The lowest BCUT2D eigenvalue weighted by molar-refractivity contribution is -0.171. The average molecular weight is 310 g/mol. The maximum absolute atomic E-state index is 13.2. The van der Waals surface area contributed by atoms with Gasteiger partial charge in [-0.2, -0.15) is 17.2 Å². The molecule has 20 heavy (non-hydrogen) atoms. The normalized spacial score (nSPS) is 39.9. The number of carbonyl (C=O) groups excluding carboxylic acids is 1. The fraction of sp³-hybridized carbons (Fsp3) is 0.917. The first-order valence-corrected chi connectivity index (χ1v) is 8.21. The van der Waals surface area contributed by atoms with Crippen molar-refractivity contribution in [3.8, 4) is 0 Å². The van der Waals surface area contributed by atoms with E-state index >= 15 is 0 Å². The number of halogens is 2. The lowest BCUT2D eigenvalue weighted by atomic mass is 9.80. The fourth-order valence-electron chi connectivity index (χ4n) is 4.45. The summed E-state index contributed by atoms with van der Waals surface area (Å²) < 4.78 is 60.5. The largest absolute Gasteiger partial charge is 0.465 e. The van der Waals surface area contributed by atoms with E-state index in [0.717, 1.165) is 25.7 Å². The van der Waals surface area contributed by atoms with Crippen molar-refractivity contribution in [3.63, 3.8) is 0 Å². The lowest BCUT2D eigenvalue weighted by Gasteiger charge is -2.31. The molecule has 0 radical (unpaired) electrons. The number of esters is 1. The van der Waals surface area contributed by atoms with Gasteiger partial charge in [-0.1, -0.05) is 6.42 Å². The van der Waals surface area contributed by atoms with E-state index in [1.54, 1.807) is 0 Å². The van der Waals surface area contributed by atoms with Gasteiger partial charge in [-0.3, -0.25) is 4.55 Å². The molecule has 0 aromatic heterocycles. The van der Waals surface area contributed by atoms with Crippen molar-refractivity contribution in [1.82, 2.24) is 0 Å². The lowest BCUT2D eigenvalue weighted by Crippen LogP contribution is -2.42. The zero-order valence-electron chi connectivity index (χ0n) is 10.7. The van der Waals surface area contributed by atoms with Crippen molar-refractivity contribution < 1.29 is 31.3 Å². The molecule has 5 nitrogen and oxygen atoms in total. The Labute approximate surface area is 115 Å². The summed E-state index contributed by atoms with van der Waals surface area (Å²) in [5.41, 5.74) is 0. The third-order valence-corrected chi connectivity index (χ3v) is 6.00. The van der Waals surface area contributed by atoms with Crippen molar-refractivity contribution in [2.75, 3.05) is 0 Å². The van der Waals surface area contributed by atoms with Crippen LogP contribution in [0.4, 0.5) is 8.78 Å². The van der Waals surface area contributed by atoms with Crippen LogP contribution in [0.2, 0.25) is 0 Å². The first kappa shape index (κ1) is 14.2. The molecule has 0 amide bonds.